The largest absolute Gasteiger partial charge is 0.480 e. The number of likely N-dealkylation sites (N-methyl/N-ethyl adjacent to an activating group) is 1. The maximum absolute atomic E-state index is 12.3. The van der Waals surface area contributed by atoms with Crippen LogP contribution in [0.5, 0.6) is 0 Å². The number of hydrogen-bond acceptors (Lipinski definition) is 3. The van der Waals surface area contributed by atoms with Gasteiger partial charge >= 0.3 is 5.97 Å². The van der Waals surface area contributed by atoms with Crippen molar-refractivity contribution in [3.05, 3.63) is 0 Å². The predicted molar refractivity (Wildman–Crippen MR) is 71.9 cm³/mol. The summed E-state index contributed by atoms with van der Waals surface area (Å²) in [5, 5.41) is 8.96. The van der Waals surface area contributed by atoms with Crippen molar-refractivity contribution in [2.45, 2.75) is 38.6 Å². The van der Waals surface area contributed by atoms with Crippen LogP contribution >= 0.6 is 0 Å². The molecule has 0 aromatic rings. The number of carboxylic acid groups (broad SMARTS) is 1. The molecule has 2 rings (SSSR count). The third kappa shape index (κ3) is 3.11. The van der Waals surface area contributed by atoms with Gasteiger partial charge in [0.2, 0.25) is 11.8 Å². The average molecular weight is 282 g/mol. The first kappa shape index (κ1) is 14.8. The Hall–Kier alpha value is -1.59. The van der Waals surface area contributed by atoms with E-state index in [1.807, 2.05) is 0 Å². The lowest BCUT2D eigenvalue weighted by Crippen LogP contribution is -2.49. The topological polar surface area (TPSA) is 77.9 Å². The minimum atomic E-state index is -1.01. The zero-order valence-electron chi connectivity index (χ0n) is 12.0. The van der Waals surface area contributed by atoms with Crippen molar-refractivity contribution in [1.82, 2.24) is 9.80 Å². The van der Waals surface area contributed by atoms with E-state index >= 15 is 0 Å². The van der Waals surface area contributed by atoms with Crippen LogP contribution < -0.4 is 0 Å². The molecule has 2 aliphatic rings. The van der Waals surface area contributed by atoms with E-state index in [1.165, 1.54) is 18.9 Å². The Kier molecular flexibility index (Phi) is 4.30. The van der Waals surface area contributed by atoms with Crippen molar-refractivity contribution in [3.8, 4) is 0 Å². The molecule has 0 radical (unpaired) electrons. The Morgan fingerprint density at radius 1 is 1.20 bits per heavy atom. The smallest absolute Gasteiger partial charge is 0.326 e. The van der Waals surface area contributed by atoms with Gasteiger partial charge in [-0.3, -0.25) is 9.59 Å². The molecule has 0 aromatic carbocycles. The fourth-order valence-electron chi connectivity index (χ4n) is 2.61. The van der Waals surface area contributed by atoms with Gasteiger partial charge in [-0.05, 0) is 32.6 Å². The first-order valence-corrected chi connectivity index (χ1v) is 7.20. The predicted octanol–water partition coefficient (Wildman–Crippen LogP) is 0.566. The first-order chi connectivity index (χ1) is 9.41. The molecule has 1 saturated heterocycles. The van der Waals surface area contributed by atoms with E-state index in [2.05, 4.69) is 0 Å². The van der Waals surface area contributed by atoms with E-state index in [4.69, 9.17) is 5.11 Å². The summed E-state index contributed by atoms with van der Waals surface area (Å²) < 4.78 is 0. The van der Waals surface area contributed by atoms with Gasteiger partial charge in [0, 0.05) is 26.1 Å². The maximum Gasteiger partial charge on any atom is 0.326 e. The molecule has 1 aliphatic carbocycles. The normalized spacial score (nSPS) is 24.1. The van der Waals surface area contributed by atoms with Gasteiger partial charge in [0.1, 0.15) is 6.04 Å². The number of piperidine rings is 1. The number of rotatable bonds is 4. The Bertz CT molecular complexity index is 419. The van der Waals surface area contributed by atoms with Crippen LogP contribution in [-0.2, 0) is 14.4 Å². The summed E-state index contributed by atoms with van der Waals surface area (Å²) in [4.78, 5) is 38.4. The van der Waals surface area contributed by atoms with E-state index in [-0.39, 0.29) is 23.7 Å². The van der Waals surface area contributed by atoms with E-state index in [0.29, 0.717) is 6.54 Å². The molecule has 0 bridgehead atoms. The molecule has 6 heteroatoms. The van der Waals surface area contributed by atoms with Crippen LogP contribution in [0.3, 0.4) is 0 Å². The molecule has 2 atom stereocenters. The molecule has 112 valence electrons. The molecule has 20 heavy (non-hydrogen) atoms. The van der Waals surface area contributed by atoms with Gasteiger partial charge in [-0.25, -0.2) is 4.79 Å². The number of carboxylic acids is 1. The molecule has 1 N–H and O–H groups in total. The lowest BCUT2D eigenvalue weighted by molar-refractivity contribution is -0.151. The van der Waals surface area contributed by atoms with Crippen LogP contribution in [0.25, 0.3) is 0 Å². The maximum atomic E-state index is 12.3. The summed E-state index contributed by atoms with van der Waals surface area (Å²) >= 11 is 0. The third-order valence-electron chi connectivity index (χ3n) is 4.29. The number of carbonyl (C=O) groups excluding carboxylic acids is 2. The van der Waals surface area contributed by atoms with Crippen molar-refractivity contribution in [2.24, 2.45) is 11.8 Å². The molecule has 2 amide bonds. The standard InChI is InChI=1S/C14H22N2O4/c1-9(14(19)20)15(2)12(17)11-4-3-7-16(8-11)13(18)10-5-6-10/h9-11H,3-8H2,1-2H3,(H,19,20). The number of hydrogen-bond donors (Lipinski definition) is 1. The summed E-state index contributed by atoms with van der Waals surface area (Å²) in [6.07, 6.45) is 3.46. The highest BCUT2D eigenvalue weighted by molar-refractivity contribution is 5.86. The summed E-state index contributed by atoms with van der Waals surface area (Å²) in [6, 6.07) is -0.836. The summed E-state index contributed by atoms with van der Waals surface area (Å²) in [5.41, 5.74) is 0. The summed E-state index contributed by atoms with van der Waals surface area (Å²) in [6.45, 7) is 2.65. The molecule has 2 fully saturated rings. The monoisotopic (exact) mass is 282 g/mol. The van der Waals surface area contributed by atoms with Crippen LogP contribution in [0, 0.1) is 11.8 Å². The second-order valence-corrected chi connectivity index (χ2v) is 5.86. The number of nitrogens with zero attached hydrogens (tertiary/aromatic N) is 2. The van der Waals surface area contributed by atoms with Crippen LogP contribution in [0.1, 0.15) is 32.6 Å². The quantitative estimate of drug-likeness (QED) is 0.817. The fraction of sp³-hybridized carbons (Fsp3) is 0.786. The molecule has 0 spiro atoms. The van der Waals surface area contributed by atoms with Gasteiger partial charge in [0.25, 0.3) is 0 Å². The molecule has 1 heterocycles. The fourth-order valence-corrected chi connectivity index (χ4v) is 2.61. The second kappa shape index (κ2) is 5.81. The zero-order valence-corrected chi connectivity index (χ0v) is 12.0. The summed E-state index contributed by atoms with van der Waals surface area (Å²) in [7, 11) is 1.52. The van der Waals surface area contributed by atoms with Crippen molar-refractivity contribution >= 4 is 17.8 Å². The van der Waals surface area contributed by atoms with Crippen LogP contribution in [0.15, 0.2) is 0 Å². The molecule has 1 aliphatic heterocycles. The Morgan fingerprint density at radius 3 is 2.40 bits per heavy atom. The first-order valence-electron chi connectivity index (χ1n) is 7.20. The van der Waals surface area contributed by atoms with E-state index in [1.54, 1.807) is 4.90 Å². The molecule has 6 nitrogen and oxygen atoms in total. The van der Waals surface area contributed by atoms with Gasteiger partial charge in [0.05, 0.1) is 5.92 Å². The molecule has 2 unspecified atom stereocenters. The van der Waals surface area contributed by atoms with Crippen LogP contribution in [-0.4, -0.2) is 58.9 Å². The van der Waals surface area contributed by atoms with Gasteiger partial charge < -0.3 is 14.9 Å². The minimum Gasteiger partial charge on any atom is -0.480 e. The van der Waals surface area contributed by atoms with Crippen molar-refractivity contribution in [2.75, 3.05) is 20.1 Å². The van der Waals surface area contributed by atoms with E-state index in [9.17, 15) is 14.4 Å². The van der Waals surface area contributed by atoms with Gasteiger partial charge in [-0.1, -0.05) is 0 Å². The Labute approximate surface area is 118 Å². The van der Waals surface area contributed by atoms with Gasteiger partial charge in [-0.15, -0.1) is 0 Å². The number of amides is 2. The highest BCUT2D eigenvalue weighted by atomic mass is 16.4. The highest BCUT2D eigenvalue weighted by Gasteiger charge is 2.38. The molecular weight excluding hydrogens is 260 g/mol. The number of carbonyl (C=O) groups is 3. The third-order valence-corrected chi connectivity index (χ3v) is 4.29. The van der Waals surface area contributed by atoms with Crippen molar-refractivity contribution in [3.63, 3.8) is 0 Å². The Balaban J connectivity index is 1.95. The SMILES string of the molecule is CC(C(=O)O)N(C)C(=O)C1CCCN(C(=O)C2CC2)C1. The minimum absolute atomic E-state index is 0.163. The van der Waals surface area contributed by atoms with Gasteiger partial charge in [0.15, 0.2) is 0 Å². The molecule has 0 aromatic heterocycles. The number of aliphatic carboxylic acids is 1. The lowest BCUT2D eigenvalue weighted by atomic mass is 9.95. The average Bonchev–Trinajstić information content (AvgIpc) is 3.28. The van der Waals surface area contributed by atoms with E-state index in [0.717, 1.165) is 32.2 Å². The molecular formula is C14H22N2O4. The van der Waals surface area contributed by atoms with E-state index < -0.39 is 12.0 Å². The van der Waals surface area contributed by atoms with Crippen molar-refractivity contribution < 1.29 is 19.5 Å². The molecule has 1 saturated carbocycles. The zero-order chi connectivity index (χ0) is 14.9. The summed E-state index contributed by atoms with van der Waals surface area (Å²) in [5.74, 6) is -1.12. The van der Waals surface area contributed by atoms with Crippen LogP contribution in [0.4, 0.5) is 0 Å². The Morgan fingerprint density at radius 2 is 1.85 bits per heavy atom. The van der Waals surface area contributed by atoms with Gasteiger partial charge in [-0.2, -0.15) is 0 Å². The van der Waals surface area contributed by atoms with Crippen molar-refractivity contribution in [1.29, 1.82) is 0 Å². The number of likely N-dealkylation sites (tertiary alicyclic amines) is 1. The second-order valence-electron chi connectivity index (χ2n) is 5.86. The lowest BCUT2D eigenvalue weighted by Gasteiger charge is -2.35. The highest BCUT2D eigenvalue weighted by Crippen LogP contribution is 2.32. The van der Waals surface area contributed by atoms with Crippen LogP contribution in [0.2, 0.25) is 0 Å².